The van der Waals surface area contributed by atoms with Crippen molar-refractivity contribution in [1.29, 1.82) is 0 Å². The molecular weight excluding hydrogens is 212 g/mol. The molecule has 5 heteroatoms. The molecule has 0 fully saturated rings. The van der Waals surface area contributed by atoms with Gasteiger partial charge in [0.2, 0.25) is 0 Å². The zero-order valence-corrected chi connectivity index (χ0v) is 9.41. The van der Waals surface area contributed by atoms with Crippen LogP contribution in [-0.2, 0) is 11.2 Å². The number of hydrogen-bond donors (Lipinski definition) is 1. The highest BCUT2D eigenvalue weighted by molar-refractivity contribution is 7.15. The molecule has 2 aromatic heterocycles. The van der Waals surface area contributed by atoms with Crippen molar-refractivity contribution in [2.45, 2.75) is 19.4 Å². The van der Waals surface area contributed by atoms with Gasteiger partial charge in [-0.25, -0.2) is 4.98 Å². The fourth-order valence-corrected chi connectivity index (χ4v) is 2.15. The van der Waals surface area contributed by atoms with Gasteiger partial charge >= 0.3 is 0 Å². The number of aliphatic hydroxyl groups is 1. The first kappa shape index (κ1) is 10.6. The van der Waals surface area contributed by atoms with Crippen LogP contribution in [0.1, 0.15) is 12.6 Å². The van der Waals surface area contributed by atoms with Crippen molar-refractivity contribution in [2.75, 3.05) is 13.2 Å². The second-order valence-electron chi connectivity index (χ2n) is 3.34. The molecule has 0 amide bonds. The van der Waals surface area contributed by atoms with Gasteiger partial charge < -0.3 is 9.84 Å². The zero-order chi connectivity index (χ0) is 10.7. The topological polar surface area (TPSA) is 46.8 Å². The molecule has 0 aromatic carbocycles. The van der Waals surface area contributed by atoms with Gasteiger partial charge in [0.25, 0.3) is 0 Å². The molecule has 15 heavy (non-hydrogen) atoms. The van der Waals surface area contributed by atoms with Gasteiger partial charge in [0.05, 0.1) is 18.4 Å². The number of fused-ring (bicyclic) bond motifs is 1. The van der Waals surface area contributed by atoms with Gasteiger partial charge in [-0.3, -0.25) is 4.40 Å². The number of nitrogens with zero attached hydrogens (tertiary/aromatic N) is 2. The summed E-state index contributed by atoms with van der Waals surface area (Å²) in [6.45, 7) is 2.93. The maximum atomic E-state index is 9.63. The van der Waals surface area contributed by atoms with Gasteiger partial charge in [0.15, 0.2) is 4.96 Å². The van der Waals surface area contributed by atoms with Gasteiger partial charge in [-0.15, -0.1) is 11.3 Å². The number of imidazole rings is 1. The van der Waals surface area contributed by atoms with E-state index >= 15 is 0 Å². The van der Waals surface area contributed by atoms with Gasteiger partial charge in [-0.05, 0) is 6.92 Å². The van der Waals surface area contributed by atoms with Crippen LogP contribution in [0, 0.1) is 0 Å². The summed E-state index contributed by atoms with van der Waals surface area (Å²) in [5.41, 5.74) is 0.911. The highest BCUT2D eigenvalue weighted by Gasteiger charge is 2.09. The Bertz CT molecular complexity index is 395. The summed E-state index contributed by atoms with van der Waals surface area (Å²) in [5.74, 6) is 0. The maximum absolute atomic E-state index is 9.63. The Morgan fingerprint density at radius 2 is 2.53 bits per heavy atom. The third-order valence-corrected chi connectivity index (χ3v) is 2.87. The van der Waals surface area contributed by atoms with E-state index in [1.807, 2.05) is 29.1 Å². The van der Waals surface area contributed by atoms with Crippen molar-refractivity contribution in [3.63, 3.8) is 0 Å². The van der Waals surface area contributed by atoms with E-state index in [0.29, 0.717) is 19.6 Å². The Morgan fingerprint density at radius 3 is 3.27 bits per heavy atom. The number of thiazole rings is 1. The van der Waals surface area contributed by atoms with Crippen LogP contribution >= 0.6 is 11.3 Å². The summed E-state index contributed by atoms with van der Waals surface area (Å²) in [5, 5.41) is 11.6. The summed E-state index contributed by atoms with van der Waals surface area (Å²) in [7, 11) is 0. The summed E-state index contributed by atoms with van der Waals surface area (Å²) in [6, 6.07) is 0. The van der Waals surface area contributed by atoms with E-state index < -0.39 is 6.10 Å². The maximum Gasteiger partial charge on any atom is 0.193 e. The molecule has 0 aliphatic rings. The lowest BCUT2D eigenvalue weighted by atomic mass is 10.2. The van der Waals surface area contributed by atoms with Crippen LogP contribution in [0.5, 0.6) is 0 Å². The predicted molar refractivity (Wildman–Crippen MR) is 59.3 cm³/mol. The quantitative estimate of drug-likeness (QED) is 0.836. The van der Waals surface area contributed by atoms with Crippen molar-refractivity contribution >= 4 is 16.3 Å². The molecule has 1 unspecified atom stereocenters. The van der Waals surface area contributed by atoms with E-state index in [1.165, 1.54) is 0 Å². The lowest BCUT2D eigenvalue weighted by Crippen LogP contribution is -2.18. The molecular formula is C10H14N2O2S. The van der Waals surface area contributed by atoms with E-state index in [4.69, 9.17) is 4.74 Å². The van der Waals surface area contributed by atoms with Crippen LogP contribution < -0.4 is 0 Å². The van der Waals surface area contributed by atoms with Crippen LogP contribution in [0.4, 0.5) is 0 Å². The molecule has 0 aliphatic carbocycles. The lowest BCUT2D eigenvalue weighted by Gasteiger charge is -2.07. The molecule has 0 saturated heterocycles. The van der Waals surface area contributed by atoms with Crippen molar-refractivity contribution in [1.82, 2.24) is 9.38 Å². The fraction of sp³-hybridized carbons (Fsp3) is 0.500. The minimum absolute atomic E-state index is 0.377. The highest BCUT2D eigenvalue weighted by atomic mass is 32.1. The first-order valence-electron chi connectivity index (χ1n) is 4.96. The van der Waals surface area contributed by atoms with Crippen molar-refractivity contribution in [2.24, 2.45) is 0 Å². The molecule has 2 rings (SSSR count). The van der Waals surface area contributed by atoms with Crippen LogP contribution in [0.15, 0.2) is 17.8 Å². The minimum Gasteiger partial charge on any atom is -0.390 e. The van der Waals surface area contributed by atoms with E-state index in [1.54, 1.807) is 11.3 Å². The van der Waals surface area contributed by atoms with E-state index in [2.05, 4.69) is 4.98 Å². The molecule has 0 radical (unpaired) electrons. The predicted octanol–water partition coefficient (Wildman–Crippen LogP) is 1.34. The molecule has 2 heterocycles. The highest BCUT2D eigenvalue weighted by Crippen LogP contribution is 2.12. The summed E-state index contributed by atoms with van der Waals surface area (Å²) in [6.07, 6.45) is 4.00. The second-order valence-corrected chi connectivity index (χ2v) is 4.22. The van der Waals surface area contributed by atoms with Crippen molar-refractivity contribution in [3.05, 3.63) is 23.5 Å². The van der Waals surface area contributed by atoms with Gasteiger partial charge in [-0.2, -0.15) is 0 Å². The number of ether oxygens (including phenoxy) is 1. The Kier molecular flexibility index (Phi) is 3.35. The smallest absolute Gasteiger partial charge is 0.193 e. The Morgan fingerprint density at radius 1 is 1.67 bits per heavy atom. The zero-order valence-electron chi connectivity index (χ0n) is 8.59. The molecule has 1 N–H and O–H groups in total. The van der Waals surface area contributed by atoms with Crippen LogP contribution in [0.3, 0.4) is 0 Å². The molecule has 1 atom stereocenters. The van der Waals surface area contributed by atoms with E-state index in [9.17, 15) is 5.11 Å². The van der Waals surface area contributed by atoms with Crippen LogP contribution in [0.2, 0.25) is 0 Å². The van der Waals surface area contributed by atoms with Crippen LogP contribution in [-0.4, -0.2) is 33.8 Å². The normalized spacial score (nSPS) is 13.5. The van der Waals surface area contributed by atoms with E-state index in [-0.39, 0.29) is 0 Å². The molecule has 4 nitrogen and oxygen atoms in total. The standard InChI is InChI=1S/C10H14N2O2S/c1-2-14-7-9(13)5-8-6-12-3-4-15-10(12)11-8/h3-4,6,9,13H,2,5,7H2,1H3. The molecule has 0 aliphatic heterocycles. The SMILES string of the molecule is CCOCC(O)Cc1cn2ccsc2n1. The largest absolute Gasteiger partial charge is 0.390 e. The molecule has 0 spiro atoms. The first-order chi connectivity index (χ1) is 7.29. The van der Waals surface area contributed by atoms with Crippen LogP contribution in [0.25, 0.3) is 4.96 Å². The minimum atomic E-state index is -0.463. The Hall–Kier alpha value is -0.910. The van der Waals surface area contributed by atoms with E-state index in [0.717, 1.165) is 10.7 Å². The third-order valence-electron chi connectivity index (χ3n) is 2.10. The summed E-state index contributed by atoms with van der Waals surface area (Å²) in [4.78, 5) is 5.35. The monoisotopic (exact) mass is 226 g/mol. The molecule has 0 bridgehead atoms. The van der Waals surface area contributed by atoms with Gasteiger partial charge in [-0.1, -0.05) is 0 Å². The second kappa shape index (κ2) is 4.74. The fourth-order valence-electron chi connectivity index (χ4n) is 1.43. The number of rotatable bonds is 5. The lowest BCUT2D eigenvalue weighted by molar-refractivity contribution is 0.0426. The summed E-state index contributed by atoms with van der Waals surface area (Å²) >= 11 is 1.59. The Balaban J connectivity index is 1.96. The Labute approximate surface area is 92.1 Å². The van der Waals surface area contributed by atoms with Gasteiger partial charge in [0.1, 0.15) is 0 Å². The van der Waals surface area contributed by atoms with Crippen molar-refractivity contribution in [3.8, 4) is 0 Å². The average molecular weight is 226 g/mol. The average Bonchev–Trinajstić information content (AvgIpc) is 2.74. The molecule has 82 valence electrons. The van der Waals surface area contributed by atoms with Crippen molar-refractivity contribution < 1.29 is 9.84 Å². The molecule has 2 aromatic rings. The third kappa shape index (κ3) is 2.56. The number of hydrogen-bond acceptors (Lipinski definition) is 4. The number of aromatic nitrogens is 2. The molecule has 0 saturated carbocycles. The van der Waals surface area contributed by atoms with Gasteiger partial charge in [0, 0.05) is 30.8 Å². The summed E-state index contributed by atoms with van der Waals surface area (Å²) < 4.78 is 7.11. The number of aliphatic hydroxyl groups excluding tert-OH is 1. The first-order valence-corrected chi connectivity index (χ1v) is 5.84.